The molecule has 1 N–H and O–H groups in total. The van der Waals surface area contributed by atoms with E-state index < -0.39 is 0 Å². The molecule has 0 radical (unpaired) electrons. The number of hydrogen-bond acceptors (Lipinski definition) is 13. The lowest BCUT2D eigenvalue weighted by Crippen LogP contribution is -2.33. The summed E-state index contributed by atoms with van der Waals surface area (Å²) in [5, 5.41) is 9.95. The van der Waals surface area contributed by atoms with Crippen molar-refractivity contribution in [1.82, 2.24) is 9.80 Å². The van der Waals surface area contributed by atoms with Crippen molar-refractivity contribution in [3.63, 3.8) is 0 Å². The van der Waals surface area contributed by atoms with E-state index in [1.54, 1.807) is 0 Å². The van der Waals surface area contributed by atoms with Crippen LogP contribution in [0.5, 0.6) is 0 Å². The van der Waals surface area contributed by atoms with Crippen LogP contribution in [0.25, 0.3) is 0 Å². The van der Waals surface area contributed by atoms with Gasteiger partial charge in [-0.05, 0) is 187 Å². The second kappa shape index (κ2) is 71.5. The number of rotatable bonds is 71. The zero-order valence-electron chi connectivity index (χ0n) is 58.0. The number of hydrogen-bond donors (Lipinski definition) is 1. The first-order chi connectivity index (χ1) is 43.3. The van der Waals surface area contributed by atoms with E-state index in [9.17, 15) is 19.5 Å². The number of esters is 3. The molecule has 0 spiro atoms. The van der Waals surface area contributed by atoms with Crippen LogP contribution < -0.4 is 0 Å². The van der Waals surface area contributed by atoms with Crippen LogP contribution in [0.3, 0.4) is 0 Å². The number of carbonyl (C=O) groups is 3. The molecule has 0 amide bonds. The van der Waals surface area contributed by atoms with E-state index in [-0.39, 0.29) is 37.1 Å². The highest BCUT2D eigenvalue weighted by molar-refractivity contribution is 5.70. The fraction of sp³-hybridized carbons (Fsp3) is 0.853. The average Bonchev–Trinajstić information content (AvgIpc) is 3.52. The maximum absolute atomic E-state index is 12.9. The number of carbonyl (C=O) groups excluding carboxylic acids is 3. The highest BCUT2D eigenvalue weighted by atomic mass is 16.7. The quantitative estimate of drug-likeness (QED) is 0.0203. The van der Waals surface area contributed by atoms with Gasteiger partial charge in [0, 0.05) is 52.2 Å². The van der Waals surface area contributed by atoms with E-state index >= 15 is 0 Å². The third-order valence-corrected chi connectivity index (χ3v) is 15.8. The standard InChI is InChI=1S/C75H140N2O11/c1-6-11-16-21-26-36-44-64-82-71(79)52-40-29-28-30-41-59-77(62-63-78)61-51-60-76(57-42-31-38-45-65-83-72(80)53-55-74(85-67-47-33-23-18-13-8-3)86-68-48-34-24-19-14-9-4)58-43-32-39-46-66-84-73(81)54-56-75(87-69-49-35-25-20-15-10-5)88-70-50-37-27-22-17-12-7-2/h13-15,17-20,22,74-75,78H,6-12,16,21,23-70H2,1-5H3/b18-13-,19-14-,20-15-,22-17?. The van der Waals surface area contributed by atoms with Gasteiger partial charge in [0.25, 0.3) is 0 Å². The minimum absolute atomic E-state index is 0.0514. The number of aliphatic hydroxyl groups excluding tert-OH is 1. The van der Waals surface area contributed by atoms with Crippen LogP contribution in [-0.2, 0) is 47.5 Å². The van der Waals surface area contributed by atoms with Gasteiger partial charge in [0.15, 0.2) is 12.6 Å². The first-order valence-electron chi connectivity index (χ1n) is 36.9. The fourth-order valence-corrected chi connectivity index (χ4v) is 10.4. The molecule has 13 heteroatoms. The second-order valence-electron chi connectivity index (χ2n) is 24.2. The van der Waals surface area contributed by atoms with Gasteiger partial charge in [0.2, 0.25) is 0 Å². The minimum Gasteiger partial charge on any atom is -0.466 e. The van der Waals surface area contributed by atoms with Crippen LogP contribution in [0.2, 0.25) is 0 Å². The number of nitrogens with zero attached hydrogens (tertiary/aromatic N) is 2. The van der Waals surface area contributed by atoms with Gasteiger partial charge in [-0.1, -0.05) is 173 Å². The molecule has 0 heterocycles. The highest BCUT2D eigenvalue weighted by Gasteiger charge is 2.16. The second-order valence-corrected chi connectivity index (χ2v) is 24.2. The predicted octanol–water partition coefficient (Wildman–Crippen LogP) is 19.0. The maximum Gasteiger partial charge on any atom is 0.305 e. The molecule has 0 rings (SSSR count). The van der Waals surface area contributed by atoms with Crippen LogP contribution >= 0.6 is 0 Å². The molecule has 0 aliphatic carbocycles. The van der Waals surface area contributed by atoms with Crippen molar-refractivity contribution in [3.8, 4) is 0 Å². The summed E-state index contributed by atoms with van der Waals surface area (Å²) in [5.74, 6) is -0.414. The summed E-state index contributed by atoms with van der Waals surface area (Å²) >= 11 is 0. The van der Waals surface area contributed by atoms with Gasteiger partial charge in [0.05, 0.1) is 39.3 Å². The van der Waals surface area contributed by atoms with Gasteiger partial charge in [0.1, 0.15) is 0 Å². The Morgan fingerprint density at radius 1 is 0.307 bits per heavy atom. The van der Waals surface area contributed by atoms with Crippen LogP contribution in [0.1, 0.15) is 311 Å². The Kier molecular flexibility index (Phi) is 69.2. The molecular weight excluding hydrogens is 1100 g/mol. The number of aliphatic hydroxyl groups is 1. The van der Waals surface area contributed by atoms with E-state index in [4.69, 9.17) is 33.2 Å². The molecule has 0 aliphatic heterocycles. The molecule has 1 atom stereocenters. The monoisotopic (exact) mass is 1250 g/mol. The van der Waals surface area contributed by atoms with Crippen LogP contribution in [0.15, 0.2) is 48.6 Å². The first-order valence-corrected chi connectivity index (χ1v) is 36.9. The van der Waals surface area contributed by atoms with Gasteiger partial charge in [-0.2, -0.15) is 0 Å². The fourth-order valence-electron chi connectivity index (χ4n) is 10.4. The zero-order chi connectivity index (χ0) is 64.0. The molecule has 0 aromatic rings. The summed E-state index contributed by atoms with van der Waals surface area (Å²) in [6.45, 7) is 20.7. The molecule has 13 nitrogen and oxygen atoms in total. The van der Waals surface area contributed by atoms with Gasteiger partial charge < -0.3 is 48.1 Å². The number of ether oxygens (including phenoxy) is 7. The molecule has 516 valence electrons. The minimum atomic E-state index is -0.388. The van der Waals surface area contributed by atoms with E-state index in [0.29, 0.717) is 84.9 Å². The third kappa shape index (κ3) is 64.6. The summed E-state index contributed by atoms with van der Waals surface area (Å²) in [6.07, 6.45) is 60.1. The molecule has 0 aromatic carbocycles. The van der Waals surface area contributed by atoms with Gasteiger partial charge in [-0.25, -0.2) is 0 Å². The summed E-state index contributed by atoms with van der Waals surface area (Å²) < 4.78 is 41.4. The Morgan fingerprint density at radius 3 is 0.989 bits per heavy atom. The lowest BCUT2D eigenvalue weighted by molar-refractivity contribution is -0.159. The van der Waals surface area contributed by atoms with Crippen molar-refractivity contribution in [2.24, 2.45) is 0 Å². The van der Waals surface area contributed by atoms with Crippen molar-refractivity contribution in [2.75, 3.05) is 92.1 Å². The van der Waals surface area contributed by atoms with Crippen molar-refractivity contribution >= 4 is 17.9 Å². The van der Waals surface area contributed by atoms with E-state index in [2.05, 4.69) is 93.0 Å². The Balaban J connectivity index is 5.09. The molecule has 88 heavy (non-hydrogen) atoms. The van der Waals surface area contributed by atoms with Crippen LogP contribution in [-0.4, -0.2) is 138 Å². The van der Waals surface area contributed by atoms with E-state index in [1.807, 2.05) is 0 Å². The lowest BCUT2D eigenvalue weighted by atomic mass is 10.1. The summed E-state index contributed by atoms with van der Waals surface area (Å²) in [7, 11) is 0. The van der Waals surface area contributed by atoms with Crippen molar-refractivity contribution in [2.45, 2.75) is 323 Å². The first kappa shape index (κ1) is 85.1. The zero-order valence-corrected chi connectivity index (χ0v) is 58.0. The average molecular weight is 1250 g/mol. The van der Waals surface area contributed by atoms with Crippen LogP contribution in [0.4, 0.5) is 0 Å². The molecule has 0 bridgehead atoms. The van der Waals surface area contributed by atoms with Gasteiger partial charge >= 0.3 is 17.9 Å². The SMILES string of the molecule is CC/C=C\CCCCOC(CCC(=O)OCCCCCCN(CCCCCCOC(=O)CCC(OCCCC/C=C\CC)OCCCC/C=C\CC)CCCN(CCO)CCCCCCCC(=O)OCCCCCCCCC)OCCCCC=CCCC. The Morgan fingerprint density at radius 2 is 0.614 bits per heavy atom. The molecule has 0 aromatic heterocycles. The Bertz CT molecular complexity index is 1570. The normalized spacial score (nSPS) is 12.5. The molecule has 1 unspecified atom stereocenters. The summed E-state index contributed by atoms with van der Waals surface area (Å²) in [5.41, 5.74) is 0. The third-order valence-electron chi connectivity index (χ3n) is 15.8. The Hall–Kier alpha value is -2.91. The molecule has 0 saturated heterocycles. The number of unbranched alkanes of at least 4 members (excludes halogenated alkanes) is 25. The van der Waals surface area contributed by atoms with E-state index in [0.717, 1.165) is 238 Å². The topological polar surface area (TPSA) is 143 Å². The molecule has 0 aliphatic rings. The van der Waals surface area contributed by atoms with Crippen molar-refractivity contribution in [1.29, 1.82) is 0 Å². The van der Waals surface area contributed by atoms with Gasteiger partial charge in [-0.3, -0.25) is 14.4 Å². The van der Waals surface area contributed by atoms with Crippen molar-refractivity contribution < 1.29 is 52.6 Å². The number of allylic oxidation sites excluding steroid dienone is 8. The smallest absolute Gasteiger partial charge is 0.305 e. The predicted molar refractivity (Wildman–Crippen MR) is 368 cm³/mol. The van der Waals surface area contributed by atoms with Crippen molar-refractivity contribution in [3.05, 3.63) is 48.6 Å². The highest BCUT2D eigenvalue weighted by Crippen LogP contribution is 2.16. The summed E-state index contributed by atoms with van der Waals surface area (Å²) in [4.78, 5) is 43.0. The summed E-state index contributed by atoms with van der Waals surface area (Å²) in [6, 6.07) is 0. The lowest BCUT2D eigenvalue weighted by Gasteiger charge is -2.26. The van der Waals surface area contributed by atoms with Gasteiger partial charge in [-0.15, -0.1) is 0 Å². The maximum atomic E-state index is 12.9. The molecule has 0 saturated carbocycles. The molecular formula is C75H140N2O11. The van der Waals surface area contributed by atoms with E-state index in [1.165, 1.54) is 38.5 Å². The Labute approximate surface area is 542 Å². The molecule has 0 fully saturated rings. The largest absolute Gasteiger partial charge is 0.466 e. The van der Waals surface area contributed by atoms with Crippen LogP contribution in [0, 0.1) is 0 Å².